The van der Waals surface area contributed by atoms with Gasteiger partial charge >= 0.3 is 0 Å². The average molecular weight is 340 g/mol. The predicted molar refractivity (Wildman–Crippen MR) is 98.3 cm³/mol. The van der Waals surface area contributed by atoms with E-state index in [4.69, 9.17) is 9.47 Å². The summed E-state index contributed by atoms with van der Waals surface area (Å²) in [6.45, 7) is 1.36. The van der Waals surface area contributed by atoms with Gasteiger partial charge in [-0.2, -0.15) is 0 Å². The zero-order valence-electron chi connectivity index (χ0n) is 14.7. The van der Waals surface area contributed by atoms with Gasteiger partial charge in [0.15, 0.2) is 0 Å². The molecule has 0 saturated carbocycles. The van der Waals surface area contributed by atoms with Crippen LogP contribution in [0.1, 0.15) is 24.4 Å². The maximum atomic E-state index is 11.6. The summed E-state index contributed by atoms with van der Waals surface area (Å²) in [5, 5.41) is 2.68. The fourth-order valence-electron chi connectivity index (χ4n) is 3.16. The van der Waals surface area contributed by atoms with E-state index in [0.29, 0.717) is 13.0 Å². The Labute approximate surface area is 148 Å². The van der Waals surface area contributed by atoms with Crippen molar-refractivity contribution in [3.63, 3.8) is 0 Å². The van der Waals surface area contributed by atoms with Crippen LogP contribution in [-0.2, 0) is 4.79 Å². The molecule has 0 aliphatic carbocycles. The lowest BCUT2D eigenvalue weighted by atomic mass is 10.0. The second kappa shape index (κ2) is 7.92. The van der Waals surface area contributed by atoms with Crippen molar-refractivity contribution in [2.24, 2.45) is 0 Å². The number of nitrogens with zero attached hydrogens (tertiary/aromatic N) is 1. The number of carbonyl (C=O) groups is 1. The number of methoxy groups -OCH3 is 1. The van der Waals surface area contributed by atoms with Gasteiger partial charge in [-0.15, -0.1) is 0 Å². The van der Waals surface area contributed by atoms with Crippen LogP contribution in [0.25, 0.3) is 0 Å². The molecule has 1 atom stereocenters. The molecule has 5 heteroatoms. The number of amides is 1. The van der Waals surface area contributed by atoms with Gasteiger partial charge in [0.25, 0.3) is 0 Å². The topological polar surface area (TPSA) is 50.8 Å². The molecule has 2 aromatic carbocycles. The van der Waals surface area contributed by atoms with Gasteiger partial charge in [0, 0.05) is 26.1 Å². The van der Waals surface area contributed by atoms with E-state index >= 15 is 0 Å². The van der Waals surface area contributed by atoms with Crippen LogP contribution in [0.2, 0.25) is 0 Å². The van der Waals surface area contributed by atoms with Crippen molar-refractivity contribution in [2.45, 2.75) is 18.9 Å². The zero-order valence-corrected chi connectivity index (χ0v) is 14.7. The van der Waals surface area contributed by atoms with Crippen molar-refractivity contribution in [1.82, 2.24) is 5.32 Å². The number of anilines is 1. The number of nitrogens with one attached hydrogen (secondary N) is 1. The summed E-state index contributed by atoms with van der Waals surface area (Å²) in [7, 11) is 3.33. The first-order chi connectivity index (χ1) is 12.2. The molecular weight excluding hydrogens is 316 g/mol. The third kappa shape index (κ3) is 3.87. The number of hydrogen-bond donors (Lipinski definition) is 1. The van der Waals surface area contributed by atoms with Gasteiger partial charge in [0.05, 0.1) is 18.8 Å². The van der Waals surface area contributed by atoms with Crippen molar-refractivity contribution in [1.29, 1.82) is 0 Å². The third-order valence-corrected chi connectivity index (χ3v) is 4.51. The van der Waals surface area contributed by atoms with Gasteiger partial charge in [-0.05, 0) is 24.1 Å². The van der Waals surface area contributed by atoms with E-state index in [-0.39, 0.29) is 11.9 Å². The fraction of sp³-hybridized carbons (Fsp3) is 0.350. The van der Waals surface area contributed by atoms with Gasteiger partial charge in [-0.1, -0.05) is 30.3 Å². The van der Waals surface area contributed by atoms with Crippen LogP contribution in [-0.4, -0.2) is 33.2 Å². The Kier molecular flexibility index (Phi) is 5.43. The number of ether oxygens (including phenoxy) is 2. The molecule has 25 heavy (non-hydrogen) atoms. The minimum atomic E-state index is 0.0652. The van der Waals surface area contributed by atoms with Crippen LogP contribution < -0.4 is 19.7 Å². The maximum absolute atomic E-state index is 11.6. The van der Waals surface area contributed by atoms with Crippen LogP contribution in [0.15, 0.2) is 48.5 Å². The Morgan fingerprint density at radius 2 is 2.08 bits per heavy atom. The first-order valence-corrected chi connectivity index (χ1v) is 8.56. The van der Waals surface area contributed by atoms with Gasteiger partial charge in [-0.25, -0.2) is 0 Å². The molecule has 1 unspecified atom stereocenters. The van der Waals surface area contributed by atoms with Crippen molar-refractivity contribution in [3.05, 3.63) is 54.1 Å². The van der Waals surface area contributed by atoms with Crippen molar-refractivity contribution in [2.75, 3.05) is 32.2 Å². The Bertz CT molecular complexity index is 718. The van der Waals surface area contributed by atoms with Gasteiger partial charge in [0.2, 0.25) is 5.91 Å². The zero-order chi connectivity index (χ0) is 17.6. The minimum Gasteiger partial charge on any atom is -0.497 e. The normalized spacial score (nSPS) is 15.9. The molecule has 0 fully saturated rings. The van der Waals surface area contributed by atoms with Crippen LogP contribution >= 0.6 is 0 Å². The Balaban J connectivity index is 1.89. The first-order valence-electron chi connectivity index (χ1n) is 8.56. The Hall–Kier alpha value is -2.69. The molecular formula is C20H24N2O3. The van der Waals surface area contributed by atoms with E-state index in [0.717, 1.165) is 30.2 Å². The summed E-state index contributed by atoms with van der Waals surface area (Å²) in [6.07, 6.45) is 1.29. The quantitative estimate of drug-likeness (QED) is 0.878. The van der Waals surface area contributed by atoms with Crippen LogP contribution in [0, 0.1) is 0 Å². The molecule has 0 bridgehead atoms. The Morgan fingerprint density at radius 1 is 1.28 bits per heavy atom. The van der Waals surface area contributed by atoms with E-state index < -0.39 is 0 Å². The van der Waals surface area contributed by atoms with Gasteiger partial charge in [0.1, 0.15) is 18.1 Å². The maximum Gasteiger partial charge on any atom is 0.219 e. The molecule has 1 heterocycles. The standard InChI is InChI=1S/C20H24N2O3/c1-21-20(23)9-6-12-22-17-13-16(24-2)10-11-19(17)25-14-18(22)15-7-4-3-5-8-15/h3-5,7-8,10-11,13,18H,6,9,12,14H2,1-2H3,(H,21,23). The second-order valence-corrected chi connectivity index (χ2v) is 6.04. The van der Waals surface area contributed by atoms with E-state index in [9.17, 15) is 4.79 Å². The molecule has 5 nitrogen and oxygen atoms in total. The van der Waals surface area contributed by atoms with Crippen LogP contribution in [0.4, 0.5) is 5.69 Å². The second-order valence-electron chi connectivity index (χ2n) is 6.04. The molecule has 0 spiro atoms. The monoisotopic (exact) mass is 340 g/mol. The smallest absolute Gasteiger partial charge is 0.219 e. The highest BCUT2D eigenvalue weighted by atomic mass is 16.5. The molecule has 0 saturated heterocycles. The summed E-state index contributed by atoms with van der Waals surface area (Å²) in [4.78, 5) is 13.9. The molecule has 132 valence electrons. The fourth-order valence-corrected chi connectivity index (χ4v) is 3.16. The molecule has 0 aromatic heterocycles. The molecule has 3 rings (SSSR count). The van der Waals surface area contributed by atoms with Crippen molar-refractivity contribution in [3.8, 4) is 11.5 Å². The highest BCUT2D eigenvalue weighted by Crippen LogP contribution is 2.41. The largest absolute Gasteiger partial charge is 0.497 e. The van der Waals surface area contributed by atoms with Crippen molar-refractivity contribution >= 4 is 11.6 Å². The number of fused-ring (bicyclic) bond motifs is 1. The number of carbonyl (C=O) groups excluding carboxylic acids is 1. The third-order valence-electron chi connectivity index (χ3n) is 4.51. The number of rotatable bonds is 6. The highest BCUT2D eigenvalue weighted by molar-refractivity contribution is 5.75. The molecule has 1 amide bonds. The molecule has 1 aliphatic heterocycles. The number of benzene rings is 2. The molecule has 1 aliphatic rings. The van der Waals surface area contributed by atoms with Gasteiger partial charge in [-0.3, -0.25) is 4.79 Å². The summed E-state index contributed by atoms with van der Waals surface area (Å²) in [6, 6.07) is 16.3. The van der Waals surface area contributed by atoms with E-state index in [2.05, 4.69) is 22.3 Å². The van der Waals surface area contributed by atoms with Crippen LogP contribution in [0.3, 0.4) is 0 Å². The van der Waals surface area contributed by atoms with E-state index in [1.807, 2.05) is 36.4 Å². The lowest BCUT2D eigenvalue weighted by Gasteiger charge is -2.39. The summed E-state index contributed by atoms with van der Waals surface area (Å²) >= 11 is 0. The SMILES string of the molecule is CNC(=O)CCCN1c2cc(OC)ccc2OCC1c1ccccc1. The van der Waals surface area contributed by atoms with Crippen LogP contribution in [0.5, 0.6) is 11.5 Å². The minimum absolute atomic E-state index is 0.0652. The predicted octanol–water partition coefficient (Wildman–Crippen LogP) is 3.16. The lowest BCUT2D eigenvalue weighted by molar-refractivity contribution is -0.120. The lowest BCUT2D eigenvalue weighted by Crippen LogP contribution is -2.37. The summed E-state index contributed by atoms with van der Waals surface area (Å²) < 4.78 is 11.4. The van der Waals surface area contributed by atoms with E-state index in [1.54, 1.807) is 14.2 Å². The summed E-state index contributed by atoms with van der Waals surface area (Å²) in [5.74, 6) is 1.72. The Morgan fingerprint density at radius 3 is 2.80 bits per heavy atom. The van der Waals surface area contributed by atoms with Crippen molar-refractivity contribution < 1.29 is 14.3 Å². The summed E-state index contributed by atoms with van der Waals surface area (Å²) in [5.41, 5.74) is 2.22. The van der Waals surface area contributed by atoms with Gasteiger partial charge < -0.3 is 19.7 Å². The first kappa shape index (κ1) is 17.1. The number of hydrogen-bond acceptors (Lipinski definition) is 4. The molecule has 0 radical (unpaired) electrons. The average Bonchev–Trinajstić information content (AvgIpc) is 2.68. The van der Waals surface area contributed by atoms with E-state index in [1.165, 1.54) is 5.56 Å². The highest BCUT2D eigenvalue weighted by Gasteiger charge is 2.29. The molecule has 1 N–H and O–H groups in total. The molecule has 2 aromatic rings.